The summed E-state index contributed by atoms with van der Waals surface area (Å²) in [4.78, 5) is 2.59. The number of rotatable bonds is 5. The second kappa shape index (κ2) is 6.92. The molecule has 0 unspecified atom stereocenters. The van der Waals surface area contributed by atoms with Gasteiger partial charge in [0, 0.05) is 37.8 Å². The van der Waals surface area contributed by atoms with E-state index in [1.54, 1.807) is 7.11 Å². The highest BCUT2D eigenvalue weighted by Gasteiger charge is 2.25. The summed E-state index contributed by atoms with van der Waals surface area (Å²) in [5, 5.41) is 3.43. The van der Waals surface area contributed by atoms with Crippen molar-refractivity contribution < 1.29 is 4.74 Å². The first-order valence-corrected chi connectivity index (χ1v) is 7.30. The maximum absolute atomic E-state index is 5.56. The maximum atomic E-state index is 5.56. The molecule has 1 N–H and O–H groups in total. The third-order valence-electron chi connectivity index (χ3n) is 3.78. The minimum absolute atomic E-state index is 0.471. The Morgan fingerprint density at radius 2 is 1.89 bits per heavy atom. The molecule has 0 aromatic heterocycles. The molecule has 3 nitrogen and oxygen atoms in total. The van der Waals surface area contributed by atoms with E-state index in [2.05, 4.69) is 42.3 Å². The predicted molar refractivity (Wildman–Crippen MR) is 79.6 cm³/mol. The molecular weight excluding hydrogens is 236 g/mol. The zero-order valence-electron chi connectivity index (χ0n) is 12.4. The molecule has 1 heterocycles. The monoisotopic (exact) mass is 262 g/mol. The van der Waals surface area contributed by atoms with Gasteiger partial charge in [0.2, 0.25) is 0 Å². The molecule has 3 heteroatoms. The molecule has 0 spiro atoms. The third-order valence-corrected chi connectivity index (χ3v) is 3.78. The molecule has 0 radical (unpaired) electrons. The van der Waals surface area contributed by atoms with E-state index in [4.69, 9.17) is 4.74 Å². The Hall–Kier alpha value is -1.06. The van der Waals surface area contributed by atoms with Gasteiger partial charge in [-0.15, -0.1) is 0 Å². The van der Waals surface area contributed by atoms with Gasteiger partial charge in [0.15, 0.2) is 0 Å². The fraction of sp³-hybridized carbons (Fsp3) is 0.625. The van der Waals surface area contributed by atoms with Gasteiger partial charge in [-0.05, 0) is 18.4 Å². The molecule has 0 amide bonds. The topological polar surface area (TPSA) is 24.5 Å². The number of benzene rings is 1. The van der Waals surface area contributed by atoms with Crippen LogP contribution in [0.5, 0.6) is 5.75 Å². The van der Waals surface area contributed by atoms with Gasteiger partial charge in [-0.2, -0.15) is 0 Å². The Kier molecular flexibility index (Phi) is 5.23. The lowest BCUT2D eigenvalue weighted by molar-refractivity contribution is 0.151. The fourth-order valence-corrected chi connectivity index (χ4v) is 2.85. The van der Waals surface area contributed by atoms with E-state index in [9.17, 15) is 0 Å². The molecule has 1 aliphatic heterocycles. The average molecular weight is 262 g/mol. The van der Waals surface area contributed by atoms with Crippen LogP contribution in [0.25, 0.3) is 0 Å². The van der Waals surface area contributed by atoms with Gasteiger partial charge in [-0.3, -0.25) is 4.90 Å². The highest BCUT2D eigenvalue weighted by molar-refractivity contribution is 5.36. The standard InChI is InChI=1S/C16H26N2O/c1-13(2)12-15(18-10-8-17-9-11-18)14-6-4-5-7-16(14)19-3/h4-7,13,15,17H,8-12H2,1-3H3/t15-/m0/s1. The van der Waals surface area contributed by atoms with E-state index in [0.717, 1.165) is 31.9 Å². The summed E-state index contributed by atoms with van der Waals surface area (Å²) < 4.78 is 5.56. The molecule has 19 heavy (non-hydrogen) atoms. The fourth-order valence-electron chi connectivity index (χ4n) is 2.85. The predicted octanol–water partition coefficient (Wildman–Crippen LogP) is 2.69. The molecule has 0 bridgehead atoms. The molecule has 1 aliphatic rings. The lowest BCUT2D eigenvalue weighted by Crippen LogP contribution is -2.45. The quantitative estimate of drug-likeness (QED) is 0.883. The summed E-state index contributed by atoms with van der Waals surface area (Å²) in [5.74, 6) is 1.71. The SMILES string of the molecule is COc1ccccc1[C@H](CC(C)C)N1CCNCC1. The zero-order valence-corrected chi connectivity index (χ0v) is 12.4. The second-order valence-corrected chi connectivity index (χ2v) is 5.67. The number of hydrogen-bond acceptors (Lipinski definition) is 3. The Morgan fingerprint density at radius 3 is 2.53 bits per heavy atom. The first-order valence-electron chi connectivity index (χ1n) is 7.30. The first kappa shape index (κ1) is 14.4. The first-order chi connectivity index (χ1) is 9.22. The van der Waals surface area contributed by atoms with Gasteiger partial charge < -0.3 is 10.1 Å². The summed E-state index contributed by atoms with van der Waals surface area (Å²) in [7, 11) is 1.77. The maximum Gasteiger partial charge on any atom is 0.123 e. The van der Waals surface area contributed by atoms with E-state index in [1.807, 2.05) is 6.07 Å². The average Bonchev–Trinajstić information content (AvgIpc) is 2.45. The molecule has 0 saturated carbocycles. The van der Waals surface area contributed by atoms with Gasteiger partial charge in [0.05, 0.1) is 7.11 Å². The van der Waals surface area contributed by atoms with E-state index in [0.29, 0.717) is 12.0 Å². The molecule has 1 atom stereocenters. The highest BCUT2D eigenvalue weighted by Crippen LogP contribution is 2.33. The number of ether oxygens (including phenoxy) is 1. The van der Waals surface area contributed by atoms with Crippen LogP contribution in [0.2, 0.25) is 0 Å². The van der Waals surface area contributed by atoms with Crippen molar-refractivity contribution in [1.82, 2.24) is 10.2 Å². The summed E-state index contributed by atoms with van der Waals surface area (Å²) in [5.41, 5.74) is 1.33. The van der Waals surface area contributed by atoms with Crippen LogP contribution in [0.4, 0.5) is 0 Å². The Bertz CT molecular complexity index is 386. The van der Waals surface area contributed by atoms with Crippen LogP contribution < -0.4 is 10.1 Å². The highest BCUT2D eigenvalue weighted by atomic mass is 16.5. The van der Waals surface area contributed by atoms with Crippen LogP contribution in [-0.4, -0.2) is 38.2 Å². The van der Waals surface area contributed by atoms with Crippen LogP contribution >= 0.6 is 0 Å². The van der Waals surface area contributed by atoms with E-state index in [-0.39, 0.29) is 0 Å². The van der Waals surface area contributed by atoms with Gasteiger partial charge in [-0.25, -0.2) is 0 Å². The molecule has 1 saturated heterocycles. The van der Waals surface area contributed by atoms with Crippen LogP contribution in [0.15, 0.2) is 24.3 Å². The van der Waals surface area contributed by atoms with Crippen molar-refractivity contribution in [3.63, 3.8) is 0 Å². The van der Waals surface area contributed by atoms with Gasteiger partial charge in [0.25, 0.3) is 0 Å². The van der Waals surface area contributed by atoms with Crippen LogP contribution in [0.3, 0.4) is 0 Å². The van der Waals surface area contributed by atoms with Crippen LogP contribution in [0, 0.1) is 5.92 Å². The van der Waals surface area contributed by atoms with Crippen molar-refractivity contribution in [2.45, 2.75) is 26.3 Å². The normalized spacial score (nSPS) is 18.5. The van der Waals surface area contributed by atoms with Gasteiger partial charge in [0.1, 0.15) is 5.75 Å². The molecule has 1 aromatic carbocycles. The van der Waals surface area contributed by atoms with Crippen LogP contribution in [-0.2, 0) is 0 Å². The Morgan fingerprint density at radius 1 is 1.21 bits per heavy atom. The number of nitrogens with one attached hydrogen (secondary N) is 1. The van der Waals surface area contributed by atoms with Crippen LogP contribution in [0.1, 0.15) is 31.9 Å². The van der Waals surface area contributed by atoms with Crippen molar-refractivity contribution in [2.24, 2.45) is 5.92 Å². The van der Waals surface area contributed by atoms with Crippen molar-refractivity contribution in [2.75, 3.05) is 33.3 Å². The number of hydrogen-bond donors (Lipinski definition) is 1. The summed E-state index contributed by atoms with van der Waals surface area (Å²) in [6.45, 7) is 9.01. The number of nitrogens with zero attached hydrogens (tertiary/aromatic N) is 1. The molecule has 106 valence electrons. The van der Waals surface area contributed by atoms with E-state index < -0.39 is 0 Å². The lowest BCUT2D eigenvalue weighted by Gasteiger charge is -2.36. The van der Waals surface area contributed by atoms with Gasteiger partial charge in [-0.1, -0.05) is 32.0 Å². The van der Waals surface area contributed by atoms with Crippen molar-refractivity contribution in [3.8, 4) is 5.75 Å². The summed E-state index contributed by atoms with van der Waals surface area (Å²) in [6, 6.07) is 8.93. The van der Waals surface area contributed by atoms with E-state index in [1.165, 1.54) is 12.0 Å². The van der Waals surface area contributed by atoms with Gasteiger partial charge >= 0.3 is 0 Å². The minimum Gasteiger partial charge on any atom is -0.496 e. The largest absolute Gasteiger partial charge is 0.496 e. The summed E-state index contributed by atoms with van der Waals surface area (Å²) >= 11 is 0. The third kappa shape index (κ3) is 3.71. The van der Waals surface area contributed by atoms with Crippen molar-refractivity contribution >= 4 is 0 Å². The molecule has 0 aliphatic carbocycles. The van der Waals surface area contributed by atoms with E-state index >= 15 is 0 Å². The molecule has 1 fully saturated rings. The Balaban J connectivity index is 2.25. The zero-order chi connectivity index (χ0) is 13.7. The number of para-hydroxylation sites is 1. The number of methoxy groups -OCH3 is 1. The smallest absolute Gasteiger partial charge is 0.123 e. The molecule has 1 aromatic rings. The second-order valence-electron chi connectivity index (χ2n) is 5.67. The lowest BCUT2D eigenvalue weighted by atomic mass is 9.94. The minimum atomic E-state index is 0.471. The van der Waals surface area contributed by atoms with Crippen molar-refractivity contribution in [3.05, 3.63) is 29.8 Å². The van der Waals surface area contributed by atoms with Crippen molar-refractivity contribution in [1.29, 1.82) is 0 Å². The molecule has 2 rings (SSSR count). The summed E-state index contributed by atoms with van der Waals surface area (Å²) in [6.07, 6.45) is 1.18. The number of piperazine rings is 1. The Labute approximate surface area is 116 Å². The molecular formula is C16H26N2O.